The Kier molecular flexibility index (Phi) is 6.96. The highest BCUT2D eigenvalue weighted by Gasteiger charge is 2.17. The van der Waals surface area contributed by atoms with Gasteiger partial charge in [0, 0.05) is 0 Å². The molecule has 0 radical (unpaired) electrons. The van der Waals surface area contributed by atoms with Crippen LogP contribution < -0.4 is 4.52 Å². The molecule has 2 N–H and O–H groups in total. The van der Waals surface area contributed by atoms with E-state index >= 15 is 0 Å². The van der Waals surface area contributed by atoms with E-state index in [1.807, 2.05) is 19.1 Å². The fourth-order valence-corrected chi connectivity index (χ4v) is 2.71. The molecule has 0 fully saturated rings. The van der Waals surface area contributed by atoms with E-state index in [-0.39, 0.29) is 5.75 Å². The second kappa shape index (κ2) is 9.19. The van der Waals surface area contributed by atoms with Gasteiger partial charge in [0.05, 0.1) is 0 Å². The number of benzene rings is 3. The van der Waals surface area contributed by atoms with Crippen LogP contribution in [0.2, 0.25) is 0 Å². The number of phosphoric acid groups is 1. The summed E-state index contributed by atoms with van der Waals surface area (Å²) in [6.45, 7) is 1.89. The van der Waals surface area contributed by atoms with E-state index in [4.69, 9.17) is 9.79 Å². The number of para-hydroxylation sites is 1. The van der Waals surface area contributed by atoms with E-state index < -0.39 is 7.82 Å². The molecule has 0 bridgehead atoms. The first-order chi connectivity index (χ1) is 12.0. The average Bonchev–Trinajstić information content (AvgIpc) is 2.63. The zero-order chi connectivity index (χ0) is 18.1. The zero-order valence-corrected chi connectivity index (χ0v) is 14.8. The third-order valence-electron chi connectivity index (χ3n) is 3.45. The summed E-state index contributed by atoms with van der Waals surface area (Å²) in [6.07, 6.45) is 0.677. The summed E-state index contributed by atoms with van der Waals surface area (Å²) < 4.78 is 15.0. The summed E-state index contributed by atoms with van der Waals surface area (Å²) in [5.41, 5.74) is 3.34. The Morgan fingerprint density at radius 1 is 0.760 bits per heavy atom. The van der Waals surface area contributed by atoms with Gasteiger partial charge in [-0.2, -0.15) is 0 Å². The van der Waals surface area contributed by atoms with E-state index in [0.29, 0.717) is 6.42 Å². The van der Waals surface area contributed by atoms with E-state index in [9.17, 15) is 4.57 Å². The van der Waals surface area contributed by atoms with Crippen molar-refractivity contribution in [3.05, 3.63) is 90.5 Å². The van der Waals surface area contributed by atoms with Crippen LogP contribution in [0.25, 0.3) is 11.1 Å². The average molecular weight is 356 g/mol. The molecule has 25 heavy (non-hydrogen) atoms. The molecule has 0 aromatic heterocycles. The maximum absolute atomic E-state index is 10.5. The van der Waals surface area contributed by atoms with Crippen molar-refractivity contribution in [1.82, 2.24) is 0 Å². The fraction of sp³-hybridized carbons (Fsp3) is 0.100. The smallest absolute Gasteiger partial charge is 0.404 e. The monoisotopic (exact) mass is 356 g/mol. The lowest BCUT2D eigenvalue weighted by molar-refractivity contribution is 0.282. The molecule has 0 heterocycles. The molecular formula is C20H21O4P. The minimum Gasteiger partial charge on any atom is -0.404 e. The van der Waals surface area contributed by atoms with Crippen LogP contribution in [0.5, 0.6) is 5.75 Å². The van der Waals surface area contributed by atoms with Crippen molar-refractivity contribution in [1.29, 1.82) is 0 Å². The summed E-state index contributed by atoms with van der Waals surface area (Å²) in [4.78, 5) is 17.2. The van der Waals surface area contributed by atoms with E-state index in [0.717, 1.165) is 5.56 Å². The van der Waals surface area contributed by atoms with Gasteiger partial charge in [0.1, 0.15) is 5.75 Å². The van der Waals surface area contributed by atoms with Gasteiger partial charge in [-0.05, 0) is 29.2 Å². The molecule has 0 saturated carbocycles. The van der Waals surface area contributed by atoms with Gasteiger partial charge in [-0.15, -0.1) is 0 Å². The summed E-state index contributed by atoms with van der Waals surface area (Å²) in [6, 6.07) is 27.6. The molecule has 0 saturated heterocycles. The Labute approximate surface area is 148 Å². The van der Waals surface area contributed by atoms with E-state index in [2.05, 4.69) is 53.1 Å². The van der Waals surface area contributed by atoms with Crippen LogP contribution in [-0.2, 0) is 11.0 Å². The summed E-state index contributed by atoms with van der Waals surface area (Å²) in [5, 5.41) is 0. The summed E-state index contributed by atoms with van der Waals surface area (Å²) in [5.74, 6) is 0.248. The van der Waals surface area contributed by atoms with Gasteiger partial charge in [-0.1, -0.05) is 85.8 Å². The summed E-state index contributed by atoms with van der Waals surface area (Å²) in [7, 11) is -4.43. The normalized spacial score (nSPS) is 10.5. The highest BCUT2D eigenvalue weighted by Crippen LogP contribution is 2.38. The van der Waals surface area contributed by atoms with Crippen molar-refractivity contribution in [2.24, 2.45) is 0 Å². The minimum absolute atomic E-state index is 0.248. The molecule has 0 aliphatic carbocycles. The number of rotatable bonds is 4. The van der Waals surface area contributed by atoms with Crippen molar-refractivity contribution in [2.45, 2.75) is 13.3 Å². The molecule has 0 atom stereocenters. The molecule has 130 valence electrons. The molecule has 0 amide bonds. The Balaban J connectivity index is 0.000000181. The minimum atomic E-state index is -4.43. The maximum atomic E-state index is 10.5. The fourth-order valence-electron chi connectivity index (χ4n) is 2.27. The van der Waals surface area contributed by atoms with Crippen molar-refractivity contribution in [3.8, 4) is 16.9 Å². The molecule has 4 nitrogen and oxygen atoms in total. The molecule has 0 aliphatic rings. The van der Waals surface area contributed by atoms with Crippen LogP contribution in [0.15, 0.2) is 84.9 Å². The Morgan fingerprint density at radius 2 is 1.20 bits per heavy atom. The quantitative estimate of drug-likeness (QED) is 0.640. The molecular weight excluding hydrogens is 335 g/mol. The van der Waals surface area contributed by atoms with Crippen LogP contribution in [0.4, 0.5) is 0 Å². The Morgan fingerprint density at radius 3 is 1.64 bits per heavy atom. The van der Waals surface area contributed by atoms with Crippen molar-refractivity contribution >= 4 is 7.82 Å². The maximum Gasteiger partial charge on any atom is 0.524 e. The molecule has 3 aromatic rings. The number of hydrogen-bond acceptors (Lipinski definition) is 2. The molecule has 3 rings (SSSR count). The van der Waals surface area contributed by atoms with Gasteiger partial charge >= 0.3 is 7.82 Å². The molecule has 3 aromatic carbocycles. The molecule has 0 aliphatic heterocycles. The first kappa shape index (κ1) is 18.9. The van der Waals surface area contributed by atoms with Gasteiger partial charge < -0.3 is 4.52 Å². The first-order valence-corrected chi connectivity index (χ1v) is 9.46. The Hall–Kier alpha value is -2.39. The molecule has 0 unspecified atom stereocenters. The third-order valence-corrected chi connectivity index (χ3v) is 3.89. The van der Waals surface area contributed by atoms with Gasteiger partial charge in [-0.3, -0.25) is 9.79 Å². The molecule has 0 spiro atoms. The zero-order valence-electron chi connectivity index (χ0n) is 13.9. The largest absolute Gasteiger partial charge is 0.524 e. The van der Waals surface area contributed by atoms with E-state index in [1.54, 1.807) is 18.2 Å². The lowest BCUT2D eigenvalue weighted by Gasteiger charge is -2.09. The lowest BCUT2D eigenvalue weighted by atomic mass is 10.1. The van der Waals surface area contributed by atoms with Crippen LogP contribution in [0.1, 0.15) is 12.5 Å². The second-order valence-corrected chi connectivity index (χ2v) is 6.44. The highest BCUT2D eigenvalue weighted by atomic mass is 31.2. The predicted octanol–water partition coefficient (Wildman–Crippen LogP) is 5.07. The van der Waals surface area contributed by atoms with Crippen molar-refractivity contribution in [3.63, 3.8) is 0 Å². The van der Waals surface area contributed by atoms with Crippen molar-refractivity contribution < 1.29 is 18.9 Å². The topological polar surface area (TPSA) is 66.8 Å². The molecule has 5 heteroatoms. The van der Waals surface area contributed by atoms with Crippen LogP contribution in [-0.4, -0.2) is 9.79 Å². The lowest BCUT2D eigenvalue weighted by Crippen LogP contribution is -1.93. The standard InChI is InChI=1S/C12H10.C8H11O4P/c1-3-7-11(8-4-1)12-9-5-2-6-10-12;1-2-7-5-3-4-6-8(7)12-13(9,10)11/h1-10H;3-6H,2H2,1H3,(H2,9,10,11). The summed E-state index contributed by atoms with van der Waals surface area (Å²) >= 11 is 0. The number of phosphoric ester groups is 1. The van der Waals surface area contributed by atoms with Crippen LogP contribution in [0.3, 0.4) is 0 Å². The Bertz CT molecular complexity index is 776. The van der Waals surface area contributed by atoms with Gasteiger partial charge in [0.2, 0.25) is 0 Å². The van der Waals surface area contributed by atoms with Gasteiger partial charge in [0.15, 0.2) is 0 Å². The van der Waals surface area contributed by atoms with E-state index in [1.165, 1.54) is 17.2 Å². The number of aryl methyl sites for hydroxylation is 1. The SMILES string of the molecule is CCc1ccccc1OP(=O)(O)O.c1ccc(-c2ccccc2)cc1. The van der Waals surface area contributed by atoms with Crippen LogP contribution >= 0.6 is 7.82 Å². The first-order valence-electron chi connectivity index (χ1n) is 7.93. The van der Waals surface area contributed by atoms with Gasteiger partial charge in [0.25, 0.3) is 0 Å². The number of hydrogen-bond donors (Lipinski definition) is 2. The van der Waals surface area contributed by atoms with Gasteiger partial charge in [-0.25, -0.2) is 4.57 Å². The van der Waals surface area contributed by atoms with Crippen molar-refractivity contribution in [2.75, 3.05) is 0 Å². The second-order valence-electron chi connectivity index (χ2n) is 5.28. The predicted molar refractivity (Wildman–Crippen MR) is 100 cm³/mol. The highest BCUT2D eigenvalue weighted by molar-refractivity contribution is 7.46. The third kappa shape index (κ3) is 6.55. The van der Waals surface area contributed by atoms with Crippen LogP contribution in [0, 0.1) is 0 Å².